The van der Waals surface area contributed by atoms with Crippen LogP contribution in [0.4, 0.5) is 0 Å². The molecule has 1 nitrogen and oxygen atoms in total. The second-order valence-electron chi connectivity index (χ2n) is 4.12. The van der Waals surface area contributed by atoms with E-state index in [0.29, 0.717) is 5.88 Å². The number of benzene rings is 1. The summed E-state index contributed by atoms with van der Waals surface area (Å²) in [5.41, 5.74) is 1.04. The lowest BCUT2D eigenvalue weighted by Crippen LogP contribution is -2.18. The predicted molar refractivity (Wildman–Crippen MR) is 73.4 cm³/mol. The molecule has 1 atom stereocenters. The maximum atomic E-state index is 5.97. The Morgan fingerprint density at radius 3 is 2.75 bits per heavy atom. The van der Waals surface area contributed by atoms with Crippen LogP contribution in [0.2, 0.25) is 0 Å². The Kier molecular flexibility index (Phi) is 4.88. The Balaban J connectivity index is 3.03. The molecule has 0 N–H and O–H groups in total. The van der Waals surface area contributed by atoms with Gasteiger partial charge in [-0.1, -0.05) is 28.9 Å². The monoisotopic (exact) mass is 302 g/mol. The Labute approximate surface area is 111 Å². The molecule has 0 saturated heterocycles. The lowest BCUT2D eigenvalue weighted by Gasteiger charge is -2.23. The van der Waals surface area contributed by atoms with Crippen molar-refractivity contribution in [1.82, 2.24) is 0 Å². The van der Waals surface area contributed by atoms with Crippen LogP contribution >= 0.6 is 27.5 Å². The van der Waals surface area contributed by atoms with Crippen LogP contribution in [0.5, 0.6) is 5.75 Å². The van der Waals surface area contributed by atoms with E-state index in [-0.39, 0.29) is 5.41 Å². The van der Waals surface area contributed by atoms with Crippen LogP contribution in [0.15, 0.2) is 35.3 Å². The first-order valence-electron chi connectivity index (χ1n) is 5.06. The molecule has 16 heavy (non-hydrogen) atoms. The number of methoxy groups -OCH3 is 1. The number of halogens is 2. The normalized spacial score (nSPS) is 14.2. The molecule has 0 radical (unpaired) electrons. The molecule has 0 aliphatic carbocycles. The highest BCUT2D eigenvalue weighted by Crippen LogP contribution is 2.31. The van der Waals surface area contributed by atoms with Crippen molar-refractivity contribution in [3.8, 4) is 5.75 Å². The molecule has 1 aromatic carbocycles. The van der Waals surface area contributed by atoms with Crippen LogP contribution in [-0.2, 0) is 6.42 Å². The van der Waals surface area contributed by atoms with Gasteiger partial charge in [-0.2, -0.15) is 0 Å². The van der Waals surface area contributed by atoms with Crippen LogP contribution < -0.4 is 4.74 Å². The van der Waals surface area contributed by atoms with Crippen molar-refractivity contribution in [2.24, 2.45) is 5.41 Å². The zero-order valence-corrected chi connectivity index (χ0v) is 11.9. The standard InChI is InChI=1S/C13H16BrClO/c1-4-13(2,9-15)8-10-7-11(14)5-6-12(10)16-3/h4-7H,1,8-9H2,2-3H3. The van der Waals surface area contributed by atoms with Gasteiger partial charge in [-0.15, -0.1) is 18.2 Å². The fraction of sp³-hybridized carbons (Fsp3) is 0.385. The summed E-state index contributed by atoms with van der Waals surface area (Å²) in [5.74, 6) is 1.44. The number of alkyl halides is 1. The maximum absolute atomic E-state index is 5.97. The molecule has 0 spiro atoms. The van der Waals surface area contributed by atoms with Gasteiger partial charge in [0.1, 0.15) is 5.75 Å². The van der Waals surface area contributed by atoms with E-state index >= 15 is 0 Å². The van der Waals surface area contributed by atoms with E-state index in [1.807, 2.05) is 18.2 Å². The number of ether oxygens (including phenoxy) is 1. The minimum absolute atomic E-state index is 0.102. The number of allylic oxidation sites excluding steroid dienone is 1. The summed E-state index contributed by atoms with van der Waals surface area (Å²) in [6.07, 6.45) is 2.73. The van der Waals surface area contributed by atoms with E-state index in [1.54, 1.807) is 7.11 Å². The van der Waals surface area contributed by atoms with Crippen molar-refractivity contribution in [3.05, 3.63) is 40.9 Å². The molecule has 1 unspecified atom stereocenters. The predicted octanol–water partition coefficient (Wildman–Crippen LogP) is 4.43. The summed E-state index contributed by atoms with van der Waals surface area (Å²) in [4.78, 5) is 0. The van der Waals surface area contributed by atoms with Gasteiger partial charge in [-0.05, 0) is 30.2 Å². The first-order valence-corrected chi connectivity index (χ1v) is 6.39. The number of hydrogen-bond acceptors (Lipinski definition) is 1. The van der Waals surface area contributed by atoms with Gasteiger partial charge in [0.05, 0.1) is 7.11 Å². The van der Waals surface area contributed by atoms with E-state index in [9.17, 15) is 0 Å². The van der Waals surface area contributed by atoms with Gasteiger partial charge in [0.25, 0.3) is 0 Å². The van der Waals surface area contributed by atoms with Gasteiger partial charge in [0.2, 0.25) is 0 Å². The first-order chi connectivity index (χ1) is 7.54. The molecule has 0 saturated carbocycles. The van der Waals surface area contributed by atoms with E-state index in [0.717, 1.165) is 22.2 Å². The van der Waals surface area contributed by atoms with E-state index in [2.05, 4.69) is 35.5 Å². The van der Waals surface area contributed by atoms with Gasteiger partial charge in [0.15, 0.2) is 0 Å². The maximum Gasteiger partial charge on any atom is 0.122 e. The zero-order valence-electron chi connectivity index (χ0n) is 9.59. The zero-order chi connectivity index (χ0) is 12.2. The molecule has 0 fully saturated rings. The molecular formula is C13H16BrClO. The summed E-state index contributed by atoms with van der Waals surface area (Å²) in [6, 6.07) is 5.98. The third-order valence-electron chi connectivity index (χ3n) is 2.63. The first kappa shape index (κ1) is 13.6. The molecule has 0 heterocycles. The molecule has 1 aromatic rings. The Morgan fingerprint density at radius 1 is 1.56 bits per heavy atom. The number of hydrogen-bond donors (Lipinski definition) is 0. The second-order valence-corrected chi connectivity index (χ2v) is 5.31. The fourth-order valence-electron chi connectivity index (χ4n) is 1.49. The summed E-state index contributed by atoms with van der Waals surface area (Å²) >= 11 is 9.43. The Hall–Kier alpha value is -0.470. The van der Waals surface area contributed by atoms with Crippen molar-refractivity contribution < 1.29 is 4.74 Å². The summed E-state index contributed by atoms with van der Waals surface area (Å²) in [5, 5.41) is 0. The molecule has 0 bridgehead atoms. The van der Waals surface area contributed by atoms with Crippen molar-refractivity contribution in [2.75, 3.05) is 13.0 Å². The van der Waals surface area contributed by atoms with Crippen LogP contribution in [0.25, 0.3) is 0 Å². The van der Waals surface area contributed by atoms with Gasteiger partial charge in [-0.25, -0.2) is 0 Å². The molecule has 0 amide bonds. The molecule has 88 valence electrons. The largest absolute Gasteiger partial charge is 0.496 e. The van der Waals surface area contributed by atoms with Gasteiger partial charge in [-0.3, -0.25) is 0 Å². The molecule has 0 aromatic heterocycles. The molecule has 0 aliphatic rings. The average Bonchev–Trinajstić information content (AvgIpc) is 2.29. The second kappa shape index (κ2) is 5.74. The van der Waals surface area contributed by atoms with Gasteiger partial charge < -0.3 is 4.74 Å². The van der Waals surface area contributed by atoms with Crippen molar-refractivity contribution in [3.63, 3.8) is 0 Å². The van der Waals surface area contributed by atoms with E-state index < -0.39 is 0 Å². The SMILES string of the molecule is C=CC(C)(CCl)Cc1cc(Br)ccc1OC. The van der Waals surface area contributed by atoms with Crippen LogP contribution in [-0.4, -0.2) is 13.0 Å². The topological polar surface area (TPSA) is 9.23 Å². The Bertz CT molecular complexity index is 378. The molecular weight excluding hydrogens is 287 g/mol. The lowest BCUT2D eigenvalue weighted by molar-refractivity contribution is 0.398. The van der Waals surface area contributed by atoms with Crippen LogP contribution in [0, 0.1) is 5.41 Å². The fourth-order valence-corrected chi connectivity index (χ4v) is 2.11. The van der Waals surface area contributed by atoms with Crippen molar-refractivity contribution >= 4 is 27.5 Å². The Morgan fingerprint density at radius 2 is 2.25 bits per heavy atom. The summed E-state index contributed by atoms with van der Waals surface area (Å²) in [7, 11) is 1.68. The van der Waals surface area contributed by atoms with Crippen LogP contribution in [0.3, 0.4) is 0 Å². The van der Waals surface area contributed by atoms with E-state index in [4.69, 9.17) is 16.3 Å². The summed E-state index contributed by atoms with van der Waals surface area (Å²) in [6.45, 7) is 5.93. The highest BCUT2D eigenvalue weighted by atomic mass is 79.9. The minimum Gasteiger partial charge on any atom is -0.496 e. The summed E-state index contributed by atoms with van der Waals surface area (Å²) < 4.78 is 6.38. The lowest BCUT2D eigenvalue weighted by atomic mass is 9.85. The average molecular weight is 304 g/mol. The quantitative estimate of drug-likeness (QED) is 0.577. The van der Waals surface area contributed by atoms with Gasteiger partial charge in [0, 0.05) is 15.8 Å². The minimum atomic E-state index is -0.102. The smallest absolute Gasteiger partial charge is 0.122 e. The van der Waals surface area contributed by atoms with Gasteiger partial charge >= 0.3 is 0 Å². The number of rotatable bonds is 5. The third kappa shape index (κ3) is 3.26. The molecule has 0 aliphatic heterocycles. The third-order valence-corrected chi connectivity index (χ3v) is 3.74. The van der Waals surface area contributed by atoms with Crippen molar-refractivity contribution in [2.45, 2.75) is 13.3 Å². The highest BCUT2D eigenvalue weighted by molar-refractivity contribution is 9.10. The van der Waals surface area contributed by atoms with Crippen LogP contribution in [0.1, 0.15) is 12.5 Å². The molecule has 1 rings (SSSR count). The van der Waals surface area contributed by atoms with Crippen molar-refractivity contribution in [1.29, 1.82) is 0 Å². The highest BCUT2D eigenvalue weighted by Gasteiger charge is 2.21. The molecule has 3 heteroatoms. The van der Waals surface area contributed by atoms with E-state index in [1.165, 1.54) is 0 Å².